The number of aliphatic carboxylic acids is 1. The smallest absolute Gasteiger partial charge is 0.313 e. The van der Waals surface area contributed by atoms with Crippen molar-refractivity contribution < 1.29 is 14.6 Å². The monoisotopic (exact) mass is 299 g/mol. The normalized spacial score (nSPS) is 22.6. The Bertz CT molecular complexity index is 475. The van der Waals surface area contributed by atoms with E-state index in [0.717, 1.165) is 25.4 Å². The summed E-state index contributed by atoms with van der Waals surface area (Å²) in [5, 5.41) is 17.9. The lowest BCUT2D eigenvalue weighted by Crippen LogP contribution is -2.16. The van der Waals surface area contributed by atoms with Gasteiger partial charge in [0.1, 0.15) is 6.10 Å². The predicted molar refractivity (Wildman–Crippen MR) is 75.7 cm³/mol. The SMILES string of the molecule is CC(C)Cn1c(SCC(=O)O)nnc1C1OCCC1C. The Hall–Kier alpha value is -1.08. The highest BCUT2D eigenvalue weighted by molar-refractivity contribution is 7.99. The molecule has 6 nitrogen and oxygen atoms in total. The summed E-state index contributed by atoms with van der Waals surface area (Å²) in [6, 6.07) is 0. The molecule has 7 heteroatoms. The standard InChI is InChI=1S/C13H21N3O3S/c1-8(2)6-16-12(11-9(3)4-5-19-11)14-15-13(16)20-7-10(17)18/h8-9,11H,4-7H2,1-3H3,(H,17,18). The van der Waals surface area contributed by atoms with E-state index in [-0.39, 0.29) is 11.9 Å². The van der Waals surface area contributed by atoms with Gasteiger partial charge in [0.2, 0.25) is 0 Å². The van der Waals surface area contributed by atoms with Crippen LogP contribution in [0, 0.1) is 11.8 Å². The third-order valence-corrected chi connectivity index (χ3v) is 4.21. The highest BCUT2D eigenvalue weighted by Gasteiger charge is 2.31. The average Bonchev–Trinajstić information content (AvgIpc) is 2.92. The van der Waals surface area contributed by atoms with Gasteiger partial charge in [0.15, 0.2) is 11.0 Å². The Balaban J connectivity index is 2.24. The molecule has 1 N–H and O–H groups in total. The Morgan fingerprint density at radius 1 is 1.55 bits per heavy atom. The lowest BCUT2D eigenvalue weighted by molar-refractivity contribution is -0.133. The number of thioether (sulfide) groups is 1. The first kappa shape index (κ1) is 15.3. The molecule has 1 fully saturated rings. The second kappa shape index (κ2) is 6.58. The molecule has 20 heavy (non-hydrogen) atoms. The summed E-state index contributed by atoms with van der Waals surface area (Å²) in [4.78, 5) is 10.7. The number of carbonyl (C=O) groups is 1. The zero-order chi connectivity index (χ0) is 14.7. The van der Waals surface area contributed by atoms with Crippen LogP contribution in [-0.2, 0) is 16.1 Å². The van der Waals surface area contributed by atoms with Crippen molar-refractivity contribution in [2.75, 3.05) is 12.4 Å². The van der Waals surface area contributed by atoms with Crippen molar-refractivity contribution in [3.05, 3.63) is 5.82 Å². The Morgan fingerprint density at radius 2 is 2.30 bits per heavy atom. The number of carboxylic acids is 1. The molecule has 1 aliphatic rings. The summed E-state index contributed by atoms with van der Waals surface area (Å²) in [5.74, 6) is 0.836. The first-order valence-corrected chi connectivity index (χ1v) is 7.87. The second-order valence-corrected chi connectivity index (χ2v) is 6.53. The van der Waals surface area contributed by atoms with Crippen LogP contribution in [0.25, 0.3) is 0 Å². The molecule has 0 amide bonds. The number of aromatic nitrogens is 3. The van der Waals surface area contributed by atoms with Crippen LogP contribution in [0.1, 0.15) is 39.1 Å². The van der Waals surface area contributed by atoms with Gasteiger partial charge in [-0.3, -0.25) is 4.79 Å². The maximum atomic E-state index is 10.7. The van der Waals surface area contributed by atoms with Crippen molar-refractivity contribution in [1.29, 1.82) is 0 Å². The van der Waals surface area contributed by atoms with Crippen LogP contribution in [0.4, 0.5) is 0 Å². The van der Waals surface area contributed by atoms with Crippen LogP contribution >= 0.6 is 11.8 Å². The summed E-state index contributed by atoms with van der Waals surface area (Å²) in [6.07, 6.45) is 0.997. The molecule has 0 bridgehead atoms. The van der Waals surface area contributed by atoms with E-state index in [1.54, 1.807) is 0 Å². The summed E-state index contributed by atoms with van der Waals surface area (Å²) < 4.78 is 7.78. The molecule has 1 aromatic heterocycles. The lowest BCUT2D eigenvalue weighted by atomic mass is 10.0. The van der Waals surface area contributed by atoms with Gasteiger partial charge >= 0.3 is 5.97 Å². The van der Waals surface area contributed by atoms with E-state index in [2.05, 4.69) is 31.0 Å². The van der Waals surface area contributed by atoms with Gasteiger partial charge in [-0.15, -0.1) is 10.2 Å². The van der Waals surface area contributed by atoms with E-state index in [1.807, 2.05) is 4.57 Å². The maximum Gasteiger partial charge on any atom is 0.313 e. The Labute approximate surface area is 122 Å². The number of nitrogens with zero attached hydrogens (tertiary/aromatic N) is 3. The Kier molecular flexibility index (Phi) is 5.04. The molecule has 2 heterocycles. The van der Waals surface area contributed by atoms with E-state index in [9.17, 15) is 4.79 Å². The highest BCUT2D eigenvalue weighted by Crippen LogP contribution is 2.34. The van der Waals surface area contributed by atoms with E-state index in [0.29, 0.717) is 17.0 Å². The van der Waals surface area contributed by atoms with Crippen LogP contribution in [0.5, 0.6) is 0 Å². The minimum absolute atomic E-state index is 0.00267. The van der Waals surface area contributed by atoms with Gasteiger partial charge in [0.05, 0.1) is 5.75 Å². The molecule has 2 rings (SSSR count). The van der Waals surface area contributed by atoms with Crippen molar-refractivity contribution in [2.45, 2.75) is 45.0 Å². The molecule has 2 unspecified atom stereocenters. The van der Waals surface area contributed by atoms with E-state index in [1.165, 1.54) is 11.8 Å². The molecule has 0 aliphatic carbocycles. The quantitative estimate of drug-likeness (QED) is 0.812. The fraction of sp³-hybridized carbons (Fsp3) is 0.769. The van der Waals surface area contributed by atoms with Crippen molar-refractivity contribution in [2.24, 2.45) is 11.8 Å². The van der Waals surface area contributed by atoms with Crippen molar-refractivity contribution in [3.8, 4) is 0 Å². The largest absolute Gasteiger partial charge is 0.481 e. The first-order chi connectivity index (χ1) is 9.49. The molecule has 1 saturated heterocycles. The topological polar surface area (TPSA) is 77.2 Å². The van der Waals surface area contributed by atoms with Gasteiger partial charge in [0, 0.05) is 13.2 Å². The molecule has 1 aromatic rings. The van der Waals surface area contributed by atoms with Gasteiger partial charge < -0.3 is 14.4 Å². The fourth-order valence-corrected chi connectivity index (χ4v) is 2.98. The van der Waals surface area contributed by atoms with Crippen molar-refractivity contribution >= 4 is 17.7 Å². The van der Waals surface area contributed by atoms with Gasteiger partial charge in [-0.1, -0.05) is 32.5 Å². The van der Waals surface area contributed by atoms with E-state index < -0.39 is 5.97 Å². The van der Waals surface area contributed by atoms with Gasteiger partial charge in [0.25, 0.3) is 0 Å². The number of ether oxygens (including phenoxy) is 1. The van der Waals surface area contributed by atoms with Crippen LogP contribution in [0.3, 0.4) is 0 Å². The van der Waals surface area contributed by atoms with Gasteiger partial charge in [-0.25, -0.2) is 0 Å². The Morgan fingerprint density at radius 3 is 2.85 bits per heavy atom. The fourth-order valence-electron chi connectivity index (χ4n) is 2.31. The molecule has 112 valence electrons. The lowest BCUT2D eigenvalue weighted by Gasteiger charge is -2.17. The number of carboxylic acid groups (broad SMARTS) is 1. The minimum atomic E-state index is -0.846. The molecule has 1 aliphatic heterocycles. The van der Waals surface area contributed by atoms with Gasteiger partial charge in [-0.2, -0.15) is 0 Å². The molecule has 2 atom stereocenters. The molecule has 0 radical (unpaired) electrons. The van der Waals surface area contributed by atoms with Crippen LogP contribution in [0.2, 0.25) is 0 Å². The molecule has 0 saturated carbocycles. The van der Waals surface area contributed by atoms with Gasteiger partial charge in [-0.05, 0) is 18.3 Å². The third-order valence-electron chi connectivity index (χ3n) is 3.26. The highest BCUT2D eigenvalue weighted by atomic mass is 32.2. The van der Waals surface area contributed by atoms with Crippen molar-refractivity contribution in [3.63, 3.8) is 0 Å². The summed E-state index contributed by atoms with van der Waals surface area (Å²) in [6.45, 7) is 7.91. The van der Waals surface area contributed by atoms with Crippen LogP contribution in [0.15, 0.2) is 5.16 Å². The molecular formula is C13H21N3O3S. The zero-order valence-electron chi connectivity index (χ0n) is 12.1. The van der Waals surface area contributed by atoms with Crippen LogP contribution < -0.4 is 0 Å². The first-order valence-electron chi connectivity index (χ1n) is 6.88. The zero-order valence-corrected chi connectivity index (χ0v) is 12.9. The van der Waals surface area contributed by atoms with Crippen molar-refractivity contribution in [1.82, 2.24) is 14.8 Å². The molecule has 0 aromatic carbocycles. The number of rotatable bonds is 6. The third kappa shape index (κ3) is 3.52. The summed E-state index contributed by atoms with van der Waals surface area (Å²) in [7, 11) is 0. The van der Waals surface area contributed by atoms with Crippen LogP contribution in [-0.4, -0.2) is 38.2 Å². The minimum Gasteiger partial charge on any atom is -0.481 e. The molecule has 0 spiro atoms. The summed E-state index contributed by atoms with van der Waals surface area (Å²) in [5.41, 5.74) is 0. The van der Waals surface area contributed by atoms with E-state index >= 15 is 0 Å². The van der Waals surface area contributed by atoms with E-state index in [4.69, 9.17) is 9.84 Å². The second-order valence-electron chi connectivity index (χ2n) is 5.58. The number of hydrogen-bond donors (Lipinski definition) is 1. The number of hydrogen-bond acceptors (Lipinski definition) is 5. The molecular weight excluding hydrogens is 278 g/mol. The predicted octanol–water partition coefficient (Wildman–Crippen LogP) is 2.21. The summed E-state index contributed by atoms with van der Waals surface area (Å²) >= 11 is 1.21. The average molecular weight is 299 g/mol. The maximum absolute atomic E-state index is 10.7.